The molecule has 1 aromatic carbocycles. The van der Waals surface area contributed by atoms with E-state index < -0.39 is 0 Å². The number of amides is 1. The molecule has 2 aliphatic rings. The maximum absolute atomic E-state index is 13.4. The largest absolute Gasteiger partial charge is 0.337 e. The minimum atomic E-state index is -0.183. The van der Waals surface area contributed by atoms with Gasteiger partial charge in [0, 0.05) is 36.9 Å². The molecule has 0 spiro atoms. The molecule has 0 unspecified atom stereocenters. The van der Waals surface area contributed by atoms with Crippen molar-refractivity contribution in [2.75, 3.05) is 19.6 Å². The van der Waals surface area contributed by atoms with Crippen LogP contribution in [0, 0.1) is 5.82 Å². The fourth-order valence-electron chi connectivity index (χ4n) is 4.66. The Labute approximate surface area is 172 Å². The third kappa shape index (κ3) is 4.53. The molecule has 0 radical (unpaired) electrons. The van der Waals surface area contributed by atoms with E-state index in [9.17, 15) is 9.18 Å². The highest BCUT2D eigenvalue weighted by atomic mass is 19.1. The van der Waals surface area contributed by atoms with E-state index in [2.05, 4.69) is 12.2 Å². The summed E-state index contributed by atoms with van der Waals surface area (Å²) in [5.41, 5.74) is 4.04. The molecule has 4 rings (SSSR count). The molecule has 0 bridgehead atoms. The monoisotopic (exact) mass is 398 g/mol. The van der Waals surface area contributed by atoms with Crippen LogP contribution in [0.15, 0.2) is 24.3 Å². The van der Waals surface area contributed by atoms with E-state index in [4.69, 9.17) is 5.10 Å². The zero-order chi connectivity index (χ0) is 20.2. The number of nitrogens with one attached hydrogen (secondary N) is 1. The van der Waals surface area contributed by atoms with Gasteiger partial charge in [-0.25, -0.2) is 4.39 Å². The summed E-state index contributed by atoms with van der Waals surface area (Å²) in [5.74, 6) is -0.0776. The van der Waals surface area contributed by atoms with Crippen LogP contribution in [0.3, 0.4) is 0 Å². The van der Waals surface area contributed by atoms with Gasteiger partial charge in [-0.05, 0) is 76.1 Å². The number of aryl methyl sites for hydroxylation is 1. The second-order valence-electron chi connectivity index (χ2n) is 8.22. The summed E-state index contributed by atoms with van der Waals surface area (Å²) in [5, 5.41) is 8.33. The number of halogens is 1. The predicted octanol–water partition coefficient (Wildman–Crippen LogP) is 3.36. The highest BCUT2D eigenvalue weighted by Crippen LogP contribution is 2.27. The van der Waals surface area contributed by atoms with Gasteiger partial charge in [-0.3, -0.25) is 9.48 Å². The summed E-state index contributed by atoms with van der Waals surface area (Å²) in [6, 6.07) is 7.13. The minimum absolute atomic E-state index is 0.105. The number of piperidine rings is 1. The topological polar surface area (TPSA) is 50.2 Å². The van der Waals surface area contributed by atoms with E-state index >= 15 is 0 Å². The standard InChI is InChI=1S/C23H31FN4O/c1-2-28-21-10-9-19(25-12-11-17-7-6-8-18(24)15-17)16-20(21)22(26-28)23(29)27-13-4-3-5-14-27/h6-8,15,19,25H,2-5,9-14,16H2,1H3/t19-/m0/s1. The van der Waals surface area contributed by atoms with E-state index in [1.165, 1.54) is 18.2 Å². The Hall–Kier alpha value is -2.21. The normalized spacial score (nSPS) is 19.2. The van der Waals surface area contributed by atoms with Crippen LogP contribution in [-0.4, -0.2) is 46.3 Å². The van der Waals surface area contributed by atoms with Gasteiger partial charge in [0.1, 0.15) is 5.82 Å². The van der Waals surface area contributed by atoms with Crippen molar-refractivity contribution in [3.05, 3.63) is 52.6 Å². The molecular weight excluding hydrogens is 367 g/mol. The number of carbonyl (C=O) groups excluding carboxylic acids is 1. The lowest BCUT2D eigenvalue weighted by Crippen LogP contribution is -2.38. The second-order valence-corrected chi connectivity index (χ2v) is 8.22. The first kappa shape index (κ1) is 20.1. The zero-order valence-corrected chi connectivity index (χ0v) is 17.3. The quantitative estimate of drug-likeness (QED) is 0.812. The Morgan fingerprint density at radius 3 is 2.86 bits per heavy atom. The van der Waals surface area contributed by atoms with E-state index in [1.807, 2.05) is 15.6 Å². The van der Waals surface area contributed by atoms with Crippen LogP contribution in [0.5, 0.6) is 0 Å². The van der Waals surface area contributed by atoms with E-state index in [1.54, 1.807) is 12.1 Å². The number of nitrogens with zero attached hydrogens (tertiary/aromatic N) is 3. The smallest absolute Gasteiger partial charge is 0.274 e. The molecular formula is C23H31FN4O. The van der Waals surface area contributed by atoms with Gasteiger partial charge in [-0.1, -0.05) is 12.1 Å². The van der Waals surface area contributed by atoms with Gasteiger partial charge in [0.15, 0.2) is 5.69 Å². The first-order chi connectivity index (χ1) is 14.2. The molecule has 0 saturated carbocycles. The Kier molecular flexibility index (Phi) is 6.28. The SMILES string of the molecule is CCn1nc(C(=O)N2CCCCC2)c2c1CC[C@H](NCCc1cccc(F)c1)C2. The Morgan fingerprint density at radius 2 is 2.10 bits per heavy atom. The molecule has 1 aliphatic carbocycles. The molecule has 1 atom stereocenters. The van der Waals surface area contributed by atoms with Gasteiger partial charge in [0.25, 0.3) is 5.91 Å². The van der Waals surface area contributed by atoms with Crippen LogP contribution >= 0.6 is 0 Å². The molecule has 6 heteroatoms. The summed E-state index contributed by atoms with van der Waals surface area (Å²) < 4.78 is 15.4. The molecule has 1 aliphatic heterocycles. The average Bonchev–Trinajstić information content (AvgIpc) is 3.12. The number of benzene rings is 1. The lowest BCUT2D eigenvalue weighted by atomic mass is 9.90. The van der Waals surface area contributed by atoms with Crippen LogP contribution < -0.4 is 5.32 Å². The Bertz CT molecular complexity index is 857. The number of hydrogen-bond acceptors (Lipinski definition) is 3. The molecule has 1 amide bonds. The van der Waals surface area contributed by atoms with E-state index in [-0.39, 0.29) is 11.7 Å². The van der Waals surface area contributed by atoms with Crippen molar-refractivity contribution in [2.45, 2.75) is 64.5 Å². The van der Waals surface area contributed by atoms with Gasteiger partial charge in [0.05, 0.1) is 0 Å². The number of fused-ring (bicyclic) bond motifs is 1. The maximum atomic E-state index is 13.4. The summed E-state index contributed by atoms with van der Waals surface area (Å²) in [4.78, 5) is 15.1. The molecule has 5 nitrogen and oxygen atoms in total. The van der Waals surface area contributed by atoms with Crippen molar-refractivity contribution in [3.8, 4) is 0 Å². The molecule has 1 fully saturated rings. The fraction of sp³-hybridized carbons (Fsp3) is 0.565. The third-order valence-electron chi connectivity index (χ3n) is 6.23. The summed E-state index contributed by atoms with van der Waals surface area (Å²) in [6.07, 6.45) is 7.02. The number of rotatable bonds is 6. The summed E-state index contributed by atoms with van der Waals surface area (Å²) in [7, 11) is 0. The third-order valence-corrected chi connectivity index (χ3v) is 6.23. The highest BCUT2D eigenvalue weighted by molar-refractivity contribution is 5.94. The number of aromatic nitrogens is 2. The van der Waals surface area contributed by atoms with Gasteiger partial charge >= 0.3 is 0 Å². The zero-order valence-electron chi connectivity index (χ0n) is 17.3. The molecule has 156 valence electrons. The van der Waals surface area contributed by atoms with Crippen molar-refractivity contribution < 1.29 is 9.18 Å². The number of hydrogen-bond donors (Lipinski definition) is 1. The molecule has 1 N–H and O–H groups in total. The average molecular weight is 399 g/mol. The van der Waals surface area contributed by atoms with Gasteiger partial charge in [0.2, 0.25) is 0 Å². The van der Waals surface area contributed by atoms with Crippen molar-refractivity contribution >= 4 is 5.91 Å². The molecule has 2 aromatic rings. The summed E-state index contributed by atoms with van der Waals surface area (Å²) in [6.45, 7) is 5.39. The maximum Gasteiger partial charge on any atom is 0.274 e. The van der Waals surface area contributed by atoms with Crippen LogP contribution in [-0.2, 0) is 25.8 Å². The lowest BCUT2D eigenvalue weighted by molar-refractivity contribution is 0.0716. The summed E-state index contributed by atoms with van der Waals surface area (Å²) >= 11 is 0. The Morgan fingerprint density at radius 1 is 1.28 bits per heavy atom. The first-order valence-corrected chi connectivity index (χ1v) is 11.0. The predicted molar refractivity (Wildman–Crippen MR) is 112 cm³/mol. The molecule has 1 saturated heterocycles. The van der Waals surface area contributed by atoms with Gasteiger partial charge in [-0.2, -0.15) is 5.10 Å². The van der Waals surface area contributed by atoms with Crippen molar-refractivity contribution in [2.24, 2.45) is 0 Å². The second kappa shape index (κ2) is 9.08. The Balaban J connectivity index is 1.43. The molecule has 29 heavy (non-hydrogen) atoms. The van der Waals surface area contributed by atoms with Crippen molar-refractivity contribution in [3.63, 3.8) is 0 Å². The first-order valence-electron chi connectivity index (χ1n) is 11.0. The number of likely N-dealkylation sites (tertiary alicyclic amines) is 1. The van der Waals surface area contributed by atoms with Crippen molar-refractivity contribution in [1.82, 2.24) is 20.0 Å². The number of carbonyl (C=O) groups is 1. The van der Waals surface area contributed by atoms with Crippen LogP contribution in [0.2, 0.25) is 0 Å². The van der Waals surface area contributed by atoms with E-state index in [0.717, 1.165) is 75.8 Å². The van der Waals surface area contributed by atoms with Crippen LogP contribution in [0.4, 0.5) is 4.39 Å². The van der Waals surface area contributed by atoms with Crippen molar-refractivity contribution in [1.29, 1.82) is 0 Å². The highest BCUT2D eigenvalue weighted by Gasteiger charge is 2.31. The van der Waals surface area contributed by atoms with Gasteiger partial charge in [-0.15, -0.1) is 0 Å². The minimum Gasteiger partial charge on any atom is -0.337 e. The van der Waals surface area contributed by atoms with E-state index in [0.29, 0.717) is 11.7 Å². The van der Waals surface area contributed by atoms with Crippen LogP contribution in [0.1, 0.15) is 59.9 Å². The molecule has 1 aromatic heterocycles. The fourth-order valence-corrected chi connectivity index (χ4v) is 4.66. The lowest BCUT2D eigenvalue weighted by Gasteiger charge is -2.27. The van der Waals surface area contributed by atoms with Crippen LogP contribution in [0.25, 0.3) is 0 Å². The molecule has 2 heterocycles. The van der Waals surface area contributed by atoms with Gasteiger partial charge < -0.3 is 10.2 Å².